The van der Waals surface area contributed by atoms with E-state index < -0.39 is 0 Å². The molecule has 0 aliphatic carbocycles. The van der Waals surface area contributed by atoms with E-state index in [1.54, 1.807) is 22.7 Å². The zero-order valence-corrected chi connectivity index (χ0v) is 15.8. The Morgan fingerprint density at radius 2 is 2.12 bits per heavy atom. The van der Waals surface area contributed by atoms with Crippen LogP contribution < -0.4 is 15.0 Å². The van der Waals surface area contributed by atoms with Gasteiger partial charge in [-0.05, 0) is 36.8 Å². The van der Waals surface area contributed by atoms with E-state index in [2.05, 4.69) is 5.32 Å². The van der Waals surface area contributed by atoms with Crippen LogP contribution >= 0.6 is 23.4 Å². The van der Waals surface area contributed by atoms with Crippen molar-refractivity contribution in [2.24, 2.45) is 0 Å². The quantitative estimate of drug-likeness (QED) is 0.756. The molecule has 3 rings (SSSR count). The number of benzene rings is 2. The van der Waals surface area contributed by atoms with Gasteiger partial charge in [0.2, 0.25) is 11.8 Å². The minimum absolute atomic E-state index is 0.0300. The van der Waals surface area contributed by atoms with Crippen LogP contribution in [0.15, 0.2) is 48.5 Å². The minimum Gasteiger partial charge on any atom is -0.492 e. The lowest BCUT2D eigenvalue weighted by Gasteiger charge is -2.26. The Balaban J connectivity index is 1.94. The van der Waals surface area contributed by atoms with Crippen molar-refractivity contribution in [3.8, 4) is 5.75 Å². The maximum Gasteiger partial charge on any atom is 0.239 e. The second-order valence-electron chi connectivity index (χ2n) is 5.64. The van der Waals surface area contributed by atoms with E-state index in [1.165, 1.54) is 0 Å². The fourth-order valence-corrected chi connectivity index (χ4v) is 4.05. The summed E-state index contributed by atoms with van der Waals surface area (Å²) in [6.45, 7) is 2.44. The number of hydrogen-bond acceptors (Lipinski definition) is 4. The lowest BCUT2D eigenvalue weighted by molar-refractivity contribution is -0.116. The highest BCUT2D eigenvalue weighted by Crippen LogP contribution is 2.45. The van der Waals surface area contributed by atoms with Crippen molar-refractivity contribution in [2.45, 2.75) is 12.3 Å². The third-order valence-electron chi connectivity index (χ3n) is 3.87. The van der Waals surface area contributed by atoms with E-state index in [0.29, 0.717) is 23.8 Å². The van der Waals surface area contributed by atoms with E-state index in [0.717, 1.165) is 11.3 Å². The van der Waals surface area contributed by atoms with Crippen molar-refractivity contribution in [1.82, 2.24) is 0 Å². The molecule has 0 bridgehead atoms. The maximum atomic E-state index is 12.6. The van der Waals surface area contributed by atoms with Gasteiger partial charge in [-0.3, -0.25) is 14.5 Å². The first-order valence-electron chi connectivity index (χ1n) is 8.25. The molecular formula is C19H19ClN2O3S. The van der Waals surface area contributed by atoms with Gasteiger partial charge in [0.15, 0.2) is 0 Å². The van der Waals surface area contributed by atoms with Crippen LogP contribution in [0.3, 0.4) is 0 Å². The summed E-state index contributed by atoms with van der Waals surface area (Å²) >= 11 is 7.10. The zero-order valence-electron chi connectivity index (χ0n) is 14.3. The number of anilines is 2. The molecule has 2 amide bonds. The van der Waals surface area contributed by atoms with E-state index in [-0.39, 0.29) is 23.1 Å². The van der Waals surface area contributed by atoms with Gasteiger partial charge in [-0.2, -0.15) is 0 Å². The number of halogens is 1. The van der Waals surface area contributed by atoms with Gasteiger partial charge in [0.25, 0.3) is 0 Å². The van der Waals surface area contributed by atoms with Crippen LogP contribution in [0.4, 0.5) is 11.4 Å². The first kappa shape index (κ1) is 18.6. The highest BCUT2D eigenvalue weighted by atomic mass is 35.5. The standard InChI is InChI=1S/C19H19ClN2O3S/c1-2-25-16-9-4-3-8-15(16)22-18(24)12-26-19(22)13-6-5-7-14(10-13)21-17(23)11-20/h3-10,19H,2,11-12H2,1H3,(H,21,23)/t19-/m0/s1. The first-order valence-corrected chi connectivity index (χ1v) is 9.83. The Labute approximate surface area is 161 Å². The van der Waals surface area contributed by atoms with Gasteiger partial charge >= 0.3 is 0 Å². The van der Waals surface area contributed by atoms with Crippen molar-refractivity contribution in [2.75, 3.05) is 28.5 Å². The van der Waals surface area contributed by atoms with Crippen LogP contribution in [0.5, 0.6) is 5.75 Å². The molecule has 2 aromatic carbocycles. The van der Waals surface area contributed by atoms with Crippen LogP contribution in [-0.4, -0.2) is 30.1 Å². The number of amides is 2. The number of rotatable bonds is 6. The maximum absolute atomic E-state index is 12.6. The average Bonchev–Trinajstić information content (AvgIpc) is 3.04. The monoisotopic (exact) mass is 390 g/mol. The Bertz CT molecular complexity index is 815. The normalized spacial score (nSPS) is 16.6. The number of para-hydroxylation sites is 2. The number of alkyl halides is 1. The number of carbonyl (C=O) groups excluding carboxylic acids is 2. The SMILES string of the molecule is CCOc1ccccc1N1C(=O)CS[C@H]1c1cccc(NC(=O)CCl)c1. The van der Waals surface area contributed by atoms with Crippen LogP contribution in [-0.2, 0) is 9.59 Å². The van der Waals surface area contributed by atoms with Gasteiger partial charge in [0, 0.05) is 5.69 Å². The molecule has 136 valence electrons. The molecule has 1 fully saturated rings. The summed E-state index contributed by atoms with van der Waals surface area (Å²) in [6.07, 6.45) is 0. The molecule has 1 heterocycles. The molecule has 0 saturated carbocycles. The average molecular weight is 391 g/mol. The van der Waals surface area contributed by atoms with Gasteiger partial charge in [0.1, 0.15) is 17.0 Å². The Morgan fingerprint density at radius 1 is 1.31 bits per heavy atom. The predicted octanol–water partition coefficient (Wildman–Crippen LogP) is 4.04. The van der Waals surface area contributed by atoms with Gasteiger partial charge in [-0.1, -0.05) is 24.3 Å². The van der Waals surface area contributed by atoms with Gasteiger partial charge in [0.05, 0.1) is 18.0 Å². The molecule has 1 atom stereocenters. The Morgan fingerprint density at radius 3 is 2.88 bits per heavy atom. The van der Waals surface area contributed by atoms with Crippen molar-refractivity contribution >= 4 is 46.6 Å². The summed E-state index contributed by atoms with van der Waals surface area (Å²) in [4.78, 5) is 25.9. The molecule has 1 saturated heterocycles. The van der Waals surface area contributed by atoms with Crippen molar-refractivity contribution in [3.63, 3.8) is 0 Å². The van der Waals surface area contributed by atoms with Gasteiger partial charge in [-0.15, -0.1) is 23.4 Å². The van der Waals surface area contributed by atoms with Crippen LogP contribution in [0, 0.1) is 0 Å². The molecule has 1 aliphatic rings. The van der Waals surface area contributed by atoms with Gasteiger partial charge < -0.3 is 10.1 Å². The van der Waals surface area contributed by atoms with Crippen molar-refractivity contribution in [1.29, 1.82) is 0 Å². The summed E-state index contributed by atoms with van der Waals surface area (Å²) in [5, 5.41) is 2.56. The van der Waals surface area contributed by atoms with E-state index in [9.17, 15) is 9.59 Å². The fourth-order valence-electron chi connectivity index (χ4n) is 2.83. The minimum atomic E-state index is -0.266. The third kappa shape index (κ3) is 3.97. The highest BCUT2D eigenvalue weighted by Gasteiger charge is 2.35. The Hall–Kier alpha value is -2.18. The molecule has 0 spiro atoms. The summed E-state index contributed by atoms with van der Waals surface area (Å²) in [5.41, 5.74) is 2.34. The molecule has 5 nitrogen and oxygen atoms in total. The van der Waals surface area contributed by atoms with Crippen molar-refractivity contribution < 1.29 is 14.3 Å². The number of ether oxygens (including phenoxy) is 1. The largest absolute Gasteiger partial charge is 0.492 e. The van der Waals surface area contributed by atoms with Crippen LogP contribution in [0.2, 0.25) is 0 Å². The summed E-state index contributed by atoms with van der Waals surface area (Å²) < 4.78 is 5.70. The first-order chi connectivity index (χ1) is 12.6. The second kappa shape index (κ2) is 8.47. The molecule has 0 aromatic heterocycles. The van der Waals surface area contributed by atoms with E-state index in [4.69, 9.17) is 16.3 Å². The van der Waals surface area contributed by atoms with E-state index in [1.807, 2.05) is 49.4 Å². The molecule has 0 radical (unpaired) electrons. The second-order valence-corrected chi connectivity index (χ2v) is 6.97. The molecule has 7 heteroatoms. The topological polar surface area (TPSA) is 58.6 Å². The smallest absolute Gasteiger partial charge is 0.239 e. The zero-order chi connectivity index (χ0) is 18.5. The molecular weight excluding hydrogens is 372 g/mol. The lowest BCUT2D eigenvalue weighted by Crippen LogP contribution is -2.28. The highest BCUT2D eigenvalue weighted by molar-refractivity contribution is 8.00. The van der Waals surface area contributed by atoms with Crippen LogP contribution in [0.25, 0.3) is 0 Å². The lowest BCUT2D eigenvalue weighted by atomic mass is 10.1. The van der Waals surface area contributed by atoms with Gasteiger partial charge in [-0.25, -0.2) is 0 Å². The molecule has 1 N–H and O–H groups in total. The number of thioether (sulfide) groups is 1. The number of nitrogens with zero attached hydrogens (tertiary/aromatic N) is 1. The Kier molecular flexibility index (Phi) is 6.06. The summed E-state index contributed by atoms with van der Waals surface area (Å²) in [5.74, 6) is 0.736. The summed E-state index contributed by atoms with van der Waals surface area (Å²) in [6, 6.07) is 15.0. The number of nitrogens with one attached hydrogen (secondary N) is 1. The van der Waals surface area contributed by atoms with Crippen molar-refractivity contribution in [3.05, 3.63) is 54.1 Å². The molecule has 26 heavy (non-hydrogen) atoms. The molecule has 1 aliphatic heterocycles. The third-order valence-corrected chi connectivity index (χ3v) is 5.32. The van der Waals surface area contributed by atoms with Crippen LogP contribution in [0.1, 0.15) is 17.9 Å². The molecule has 0 unspecified atom stereocenters. The predicted molar refractivity (Wildman–Crippen MR) is 106 cm³/mol. The fraction of sp³-hybridized carbons (Fsp3) is 0.263. The number of carbonyl (C=O) groups is 2. The number of hydrogen-bond donors (Lipinski definition) is 1. The van der Waals surface area contributed by atoms with E-state index >= 15 is 0 Å². The summed E-state index contributed by atoms with van der Waals surface area (Å²) in [7, 11) is 0. The molecule has 2 aromatic rings.